The van der Waals surface area contributed by atoms with Crippen LogP contribution in [0.3, 0.4) is 0 Å². The second-order valence-electron chi connectivity index (χ2n) is 7.44. The predicted molar refractivity (Wildman–Crippen MR) is 114 cm³/mol. The molecular weight excluding hydrogens is 402 g/mol. The van der Waals surface area contributed by atoms with Gasteiger partial charge in [-0.3, -0.25) is 14.9 Å². The number of pyridine rings is 1. The van der Waals surface area contributed by atoms with Crippen molar-refractivity contribution in [1.29, 1.82) is 0 Å². The van der Waals surface area contributed by atoms with Crippen LogP contribution in [0.2, 0.25) is 5.02 Å². The number of aryl methyl sites for hydroxylation is 1. The van der Waals surface area contributed by atoms with Gasteiger partial charge in [-0.1, -0.05) is 54.1 Å². The van der Waals surface area contributed by atoms with Crippen molar-refractivity contribution in [2.75, 3.05) is 0 Å². The number of hydrogen-bond donors (Lipinski definition) is 2. The first-order valence-electron chi connectivity index (χ1n) is 9.51. The highest BCUT2D eigenvalue weighted by Crippen LogP contribution is 2.28. The van der Waals surface area contributed by atoms with Gasteiger partial charge in [-0.15, -0.1) is 0 Å². The fourth-order valence-corrected chi connectivity index (χ4v) is 3.81. The number of halogens is 1. The Balaban J connectivity index is 1.67. The summed E-state index contributed by atoms with van der Waals surface area (Å²) in [5, 5.41) is 5.72. The molecule has 1 unspecified atom stereocenters. The number of amides is 3. The Morgan fingerprint density at radius 3 is 2.17 bits per heavy atom. The Bertz CT molecular complexity index is 1170. The number of hydrogen-bond acceptors (Lipinski definition) is 3. The van der Waals surface area contributed by atoms with Crippen LogP contribution in [0.1, 0.15) is 22.3 Å². The van der Waals surface area contributed by atoms with Gasteiger partial charge in [-0.2, -0.15) is 0 Å². The van der Waals surface area contributed by atoms with Gasteiger partial charge in [0.05, 0.1) is 6.54 Å². The Morgan fingerprint density at radius 1 is 0.933 bits per heavy atom. The Labute approximate surface area is 178 Å². The molecule has 4 rings (SSSR count). The van der Waals surface area contributed by atoms with Crippen molar-refractivity contribution in [3.05, 3.63) is 104 Å². The monoisotopic (exact) mass is 421 g/mol. The van der Waals surface area contributed by atoms with E-state index in [2.05, 4.69) is 10.6 Å². The van der Waals surface area contributed by atoms with Gasteiger partial charge in [0.25, 0.3) is 11.5 Å². The maximum absolute atomic E-state index is 12.8. The topological polar surface area (TPSA) is 80.2 Å². The van der Waals surface area contributed by atoms with Crippen LogP contribution in [-0.4, -0.2) is 16.5 Å². The SMILES string of the molecule is Cc1cccn(CC2(c3ccc(Cc4ccc(Cl)cc4)cc3)NC(=O)NC2=O)c1=O. The average Bonchev–Trinajstić information content (AvgIpc) is 3.01. The molecule has 2 heterocycles. The normalized spacial score (nSPS) is 18.2. The summed E-state index contributed by atoms with van der Waals surface area (Å²) in [6, 6.07) is 18.0. The summed E-state index contributed by atoms with van der Waals surface area (Å²) in [4.78, 5) is 37.3. The molecule has 3 aromatic rings. The third-order valence-corrected chi connectivity index (χ3v) is 5.58. The number of imide groups is 1. The van der Waals surface area contributed by atoms with Gasteiger partial charge < -0.3 is 9.88 Å². The van der Waals surface area contributed by atoms with E-state index >= 15 is 0 Å². The second-order valence-corrected chi connectivity index (χ2v) is 7.87. The van der Waals surface area contributed by atoms with Gasteiger partial charge in [0.15, 0.2) is 5.54 Å². The summed E-state index contributed by atoms with van der Waals surface area (Å²) in [6.45, 7) is 1.71. The first kappa shape index (κ1) is 19.9. The van der Waals surface area contributed by atoms with E-state index in [-0.39, 0.29) is 12.1 Å². The van der Waals surface area contributed by atoms with Gasteiger partial charge in [0.2, 0.25) is 0 Å². The predicted octanol–water partition coefficient (Wildman–Crippen LogP) is 3.14. The van der Waals surface area contributed by atoms with Gasteiger partial charge in [0.1, 0.15) is 0 Å². The van der Waals surface area contributed by atoms with Crippen molar-refractivity contribution >= 4 is 23.5 Å². The van der Waals surface area contributed by atoms with Gasteiger partial charge in [-0.25, -0.2) is 4.79 Å². The molecule has 6 nitrogen and oxygen atoms in total. The largest absolute Gasteiger partial charge is 0.322 e. The summed E-state index contributed by atoms with van der Waals surface area (Å²) in [5.74, 6) is -0.480. The maximum Gasteiger partial charge on any atom is 0.322 e. The Kier molecular flexibility index (Phi) is 5.18. The fourth-order valence-electron chi connectivity index (χ4n) is 3.68. The van der Waals surface area contributed by atoms with Crippen LogP contribution in [-0.2, 0) is 23.3 Å². The van der Waals surface area contributed by atoms with Crippen molar-refractivity contribution in [3.8, 4) is 0 Å². The minimum absolute atomic E-state index is 0.00160. The highest BCUT2D eigenvalue weighted by molar-refractivity contribution is 6.30. The molecule has 1 aliphatic rings. The Morgan fingerprint density at radius 2 is 1.57 bits per heavy atom. The average molecular weight is 422 g/mol. The van der Waals surface area contributed by atoms with Crippen LogP contribution < -0.4 is 16.2 Å². The zero-order chi connectivity index (χ0) is 21.3. The van der Waals surface area contributed by atoms with E-state index in [1.165, 1.54) is 4.57 Å². The molecule has 152 valence electrons. The molecule has 0 bridgehead atoms. The number of aromatic nitrogens is 1. The molecule has 0 radical (unpaired) electrons. The molecule has 1 fully saturated rings. The van der Waals surface area contributed by atoms with E-state index in [0.29, 0.717) is 22.6 Å². The van der Waals surface area contributed by atoms with Crippen LogP contribution in [0.25, 0.3) is 0 Å². The van der Waals surface area contributed by atoms with E-state index in [1.54, 1.807) is 25.3 Å². The van der Waals surface area contributed by atoms with E-state index in [4.69, 9.17) is 11.6 Å². The molecule has 1 aliphatic heterocycles. The van der Waals surface area contributed by atoms with Crippen LogP contribution in [0.5, 0.6) is 0 Å². The Hall–Kier alpha value is -3.38. The number of carbonyl (C=O) groups excluding carboxylic acids is 2. The molecule has 1 aromatic heterocycles. The molecule has 2 N–H and O–H groups in total. The quantitative estimate of drug-likeness (QED) is 0.621. The van der Waals surface area contributed by atoms with E-state index in [1.807, 2.05) is 48.5 Å². The van der Waals surface area contributed by atoms with Crippen molar-refractivity contribution < 1.29 is 9.59 Å². The van der Waals surface area contributed by atoms with Crippen molar-refractivity contribution in [2.45, 2.75) is 25.4 Å². The molecule has 1 atom stereocenters. The molecule has 7 heteroatoms. The number of urea groups is 1. The van der Waals surface area contributed by atoms with E-state index in [9.17, 15) is 14.4 Å². The lowest BCUT2D eigenvalue weighted by Gasteiger charge is -2.27. The third kappa shape index (κ3) is 3.74. The lowest BCUT2D eigenvalue weighted by Crippen LogP contribution is -2.49. The number of carbonyl (C=O) groups is 2. The molecule has 2 aromatic carbocycles. The first-order chi connectivity index (χ1) is 14.4. The van der Waals surface area contributed by atoms with Crippen molar-refractivity contribution in [3.63, 3.8) is 0 Å². The lowest BCUT2D eigenvalue weighted by atomic mass is 9.88. The van der Waals surface area contributed by atoms with E-state index < -0.39 is 17.5 Å². The number of benzene rings is 2. The third-order valence-electron chi connectivity index (χ3n) is 5.33. The number of nitrogens with one attached hydrogen (secondary N) is 2. The molecule has 0 aliphatic carbocycles. The lowest BCUT2D eigenvalue weighted by molar-refractivity contribution is -0.124. The van der Waals surface area contributed by atoms with Crippen LogP contribution in [0, 0.1) is 6.92 Å². The first-order valence-corrected chi connectivity index (χ1v) is 9.89. The second kappa shape index (κ2) is 7.80. The van der Waals surface area contributed by atoms with Gasteiger partial charge >= 0.3 is 6.03 Å². The molecule has 30 heavy (non-hydrogen) atoms. The molecule has 0 saturated carbocycles. The van der Waals surface area contributed by atoms with E-state index in [0.717, 1.165) is 11.1 Å². The number of rotatable bonds is 5. The fraction of sp³-hybridized carbons (Fsp3) is 0.174. The van der Waals surface area contributed by atoms with Crippen LogP contribution >= 0.6 is 11.6 Å². The summed E-state index contributed by atoms with van der Waals surface area (Å²) in [6.07, 6.45) is 2.32. The van der Waals surface area contributed by atoms with Crippen molar-refractivity contribution in [2.24, 2.45) is 0 Å². The number of nitrogens with zero attached hydrogens (tertiary/aromatic N) is 1. The summed E-state index contributed by atoms with van der Waals surface area (Å²) < 4.78 is 1.45. The maximum atomic E-state index is 12.8. The van der Waals surface area contributed by atoms with Crippen LogP contribution in [0.15, 0.2) is 71.7 Å². The highest BCUT2D eigenvalue weighted by Gasteiger charge is 2.48. The van der Waals surface area contributed by atoms with Crippen LogP contribution in [0.4, 0.5) is 4.79 Å². The minimum Gasteiger partial charge on any atom is -0.318 e. The summed E-state index contributed by atoms with van der Waals surface area (Å²) in [5.41, 5.74) is 1.78. The molecular formula is C23H20ClN3O3. The summed E-state index contributed by atoms with van der Waals surface area (Å²) in [7, 11) is 0. The minimum atomic E-state index is -1.35. The molecule has 3 amide bonds. The zero-order valence-corrected chi connectivity index (χ0v) is 17.1. The molecule has 0 spiro atoms. The smallest absolute Gasteiger partial charge is 0.318 e. The molecule has 1 saturated heterocycles. The van der Waals surface area contributed by atoms with Gasteiger partial charge in [-0.05, 0) is 48.2 Å². The standard InChI is InChI=1S/C23H20ClN3O3/c1-15-3-2-12-27(20(15)28)14-23(21(29)25-22(30)26-23)18-8-4-16(5-9-18)13-17-6-10-19(24)11-7-17/h2-12H,13-14H2,1H3,(H2,25,26,29,30). The summed E-state index contributed by atoms with van der Waals surface area (Å²) >= 11 is 5.94. The van der Waals surface area contributed by atoms with Crippen molar-refractivity contribution in [1.82, 2.24) is 15.2 Å². The highest BCUT2D eigenvalue weighted by atomic mass is 35.5. The van der Waals surface area contributed by atoms with Gasteiger partial charge in [0, 0.05) is 16.8 Å². The zero-order valence-electron chi connectivity index (χ0n) is 16.3.